The molecule has 0 amide bonds. The van der Waals surface area contributed by atoms with Gasteiger partial charge in [-0.05, 0) is 65.3 Å². The van der Waals surface area contributed by atoms with Crippen molar-refractivity contribution in [3.8, 4) is 5.69 Å². The summed E-state index contributed by atoms with van der Waals surface area (Å²) in [6.45, 7) is 9.09. The zero-order chi connectivity index (χ0) is 24.8. The zero-order valence-corrected chi connectivity index (χ0v) is 21.0. The first-order valence-electron chi connectivity index (χ1n) is 11.3. The highest BCUT2D eigenvalue weighted by Gasteiger charge is 2.32. The lowest BCUT2D eigenvalue weighted by Gasteiger charge is -2.16. The van der Waals surface area contributed by atoms with Crippen LogP contribution in [0.15, 0.2) is 36.4 Å². The van der Waals surface area contributed by atoms with Crippen LogP contribution in [0.3, 0.4) is 0 Å². The van der Waals surface area contributed by atoms with Gasteiger partial charge < -0.3 is 13.9 Å². The first-order valence-corrected chi connectivity index (χ1v) is 13.2. The summed E-state index contributed by atoms with van der Waals surface area (Å²) in [5.74, 6) is -0.601. The second-order valence-electron chi connectivity index (χ2n) is 9.17. The van der Waals surface area contributed by atoms with Gasteiger partial charge >= 0.3 is 5.97 Å². The number of aryl methyl sites for hydroxylation is 3. The molecule has 3 heterocycles. The molecule has 2 aromatic heterocycles. The highest BCUT2D eigenvalue weighted by molar-refractivity contribution is 7.91. The molecule has 0 saturated carbocycles. The van der Waals surface area contributed by atoms with Crippen LogP contribution in [0.5, 0.6) is 0 Å². The molecule has 1 fully saturated rings. The van der Waals surface area contributed by atoms with E-state index < -0.39 is 15.8 Å². The van der Waals surface area contributed by atoms with E-state index >= 15 is 0 Å². The third-order valence-corrected chi connectivity index (χ3v) is 8.39. The summed E-state index contributed by atoms with van der Waals surface area (Å²) in [6.07, 6.45) is 0.540. The number of carbonyl (C=O) groups excluding carboxylic acids is 2. The van der Waals surface area contributed by atoms with Crippen LogP contribution in [0.2, 0.25) is 0 Å². The number of ketones is 1. The van der Waals surface area contributed by atoms with E-state index in [9.17, 15) is 18.0 Å². The summed E-state index contributed by atoms with van der Waals surface area (Å²) < 4.78 is 33.1. The Bertz CT molecular complexity index is 1380. The van der Waals surface area contributed by atoms with Crippen LogP contribution in [0.4, 0.5) is 0 Å². The van der Waals surface area contributed by atoms with Crippen molar-refractivity contribution in [2.24, 2.45) is 0 Å². The SMILES string of the molecule is Cc1ccc(-n2c(C)cc(C(=O)OCC(=O)c3cc(C)n(C4CCS(=O)(=O)C4)c3C)c2C)cc1. The van der Waals surface area contributed by atoms with Crippen molar-refractivity contribution in [2.75, 3.05) is 18.1 Å². The molecular weight excluding hydrogens is 452 g/mol. The van der Waals surface area contributed by atoms with Crippen molar-refractivity contribution < 1.29 is 22.7 Å². The molecule has 180 valence electrons. The van der Waals surface area contributed by atoms with Crippen LogP contribution in [-0.4, -0.2) is 47.4 Å². The molecule has 1 aliphatic heterocycles. The van der Waals surface area contributed by atoms with E-state index in [4.69, 9.17) is 4.74 Å². The summed E-state index contributed by atoms with van der Waals surface area (Å²) >= 11 is 0. The Morgan fingerprint density at radius 3 is 2.21 bits per heavy atom. The van der Waals surface area contributed by atoms with Crippen molar-refractivity contribution in [3.05, 3.63) is 75.9 Å². The van der Waals surface area contributed by atoms with Crippen molar-refractivity contribution in [1.29, 1.82) is 0 Å². The number of benzene rings is 1. The lowest BCUT2D eigenvalue weighted by molar-refractivity contribution is 0.0473. The van der Waals surface area contributed by atoms with E-state index in [1.807, 2.05) is 68.0 Å². The van der Waals surface area contributed by atoms with E-state index in [1.54, 1.807) is 12.1 Å². The topological polar surface area (TPSA) is 87.4 Å². The maximum Gasteiger partial charge on any atom is 0.340 e. The van der Waals surface area contributed by atoms with Gasteiger partial charge in [0.1, 0.15) is 0 Å². The third-order valence-electron chi connectivity index (χ3n) is 6.64. The van der Waals surface area contributed by atoms with Crippen LogP contribution in [0.25, 0.3) is 5.69 Å². The second-order valence-corrected chi connectivity index (χ2v) is 11.4. The molecule has 0 spiro atoms. The fourth-order valence-electron chi connectivity index (χ4n) is 4.95. The Kier molecular flexibility index (Phi) is 6.29. The number of sulfone groups is 1. The van der Waals surface area contributed by atoms with Crippen molar-refractivity contribution in [2.45, 2.75) is 47.1 Å². The number of hydrogen-bond donors (Lipinski definition) is 0. The largest absolute Gasteiger partial charge is 0.454 e. The van der Waals surface area contributed by atoms with E-state index in [0.29, 0.717) is 23.2 Å². The number of ether oxygens (including phenoxy) is 1. The number of carbonyl (C=O) groups is 2. The predicted octanol–water partition coefficient (Wildman–Crippen LogP) is 4.22. The van der Waals surface area contributed by atoms with Gasteiger partial charge in [0.25, 0.3) is 0 Å². The Labute approximate surface area is 200 Å². The summed E-state index contributed by atoms with van der Waals surface area (Å²) in [7, 11) is -3.05. The fourth-order valence-corrected chi connectivity index (χ4v) is 6.65. The van der Waals surface area contributed by atoms with E-state index in [2.05, 4.69) is 0 Å². The average molecular weight is 483 g/mol. The molecule has 0 bridgehead atoms. The van der Waals surface area contributed by atoms with Gasteiger partial charge in [-0.1, -0.05) is 17.7 Å². The standard InChI is InChI=1S/C26H30N2O5S/c1-16-6-8-21(9-7-16)27-18(3)13-24(20(27)5)26(30)33-14-25(29)23-12-17(2)28(19(23)4)22-10-11-34(31,32)15-22/h6-9,12-13,22H,10-11,14-15H2,1-5H3. The van der Waals surface area contributed by atoms with Gasteiger partial charge in [-0.15, -0.1) is 0 Å². The number of hydrogen-bond acceptors (Lipinski definition) is 5. The van der Waals surface area contributed by atoms with Crippen molar-refractivity contribution in [1.82, 2.24) is 9.13 Å². The maximum absolute atomic E-state index is 12.9. The molecule has 3 aromatic rings. The van der Waals surface area contributed by atoms with E-state index in [-0.39, 0.29) is 29.9 Å². The smallest absolute Gasteiger partial charge is 0.340 e. The quantitative estimate of drug-likeness (QED) is 0.388. The molecule has 1 aromatic carbocycles. The molecule has 7 nitrogen and oxygen atoms in total. The Balaban J connectivity index is 1.49. The lowest BCUT2D eigenvalue weighted by atomic mass is 10.1. The predicted molar refractivity (Wildman–Crippen MR) is 131 cm³/mol. The molecule has 4 rings (SSSR count). The minimum atomic E-state index is -3.05. The minimum Gasteiger partial charge on any atom is -0.454 e. The summed E-state index contributed by atoms with van der Waals surface area (Å²) in [5, 5.41) is 0. The van der Waals surface area contributed by atoms with Gasteiger partial charge in [-0.3, -0.25) is 4.79 Å². The third kappa shape index (κ3) is 4.46. The average Bonchev–Trinajstić information content (AvgIpc) is 3.38. The van der Waals surface area contributed by atoms with Crippen LogP contribution in [-0.2, 0) is 14.6 Å². The highest BCUT2D eigenvalue weighted by Crippen LogP contribution is 2.29. The van der Waals surface area contributed by atoms with E-state index in [0.717, 1.165) is 28.3 Å². The van der Waals surface area contributed by atoms with Crippen LogP contribution in [0, 0.1) is 34.6 Å². The molecule has 34 heavy (non-hydrogen) atoms. The molecule has 0 aliphatic carbocycles. The van der Waals surface area contributed by atoms with Gasteiger partial charge in [-0.2, -0.15) is 0 Å². The summed E-state index contributed by atoms with van der Waals surface area (Å²) in [5.41, 5.74) is 6.17. The first-order chi connectivity index (χ1) is 16.0. The molecule has 0 N–H and O–H groups in total. The maximum atomic E-state index is 12.9. The van der Waals surface area contributed by atoms with Crippen molar-refractivity contribution >= 4 is 21.6 Å². The van der Waals surface area contributed by atoms with Crippen LogP contribution >= 0.6 is 0 Å². The number of nitrogens with zero attached hydrogens (tertiary/aromatic N) is 2. The number of Topliss-reactive ketones (excluding diaryl/α,β-unsaturated/α-hetero) is 1. The van der Waals surface area contributed by atoms with E-state index in [1.165, 1.54) is 0 Å². The Hall–Kier alpha value is -3.13. The monoisotopic (exact) mass is 482 g/mol. The zero-order valence-electron chi connectivity index (χ0n) is 20.2. The molecule has 1 atom stereocenters. The minimum absolute atomic E-state index is 0.0859. The molecule has 8 heteroatoms. The van der Waals surface area contributed by atoms with Crippen LogP contribution < -0.4 is 0 Å². The Morgan fingerprint density at radius 1 is 0.941 bits per heavy atom. The summed E-state index contributed by atoms with van der Waals surface area (Å²) in [4.78, 5) is 25.7. The fraction of sp³-hybridized carbons (Fsp3) is 0.385. The number of esters is 1. The molecule has 1 unspecified atom stereocenters. The highest BCUT2D eigenvalue weighted by atomic mass is 32.2. The molecular formula is C26H30N2O5S. The van der Waals surface area contributed by atoms with Gasteiger partial charge in [0.05, 0.1) is 17.1 Å². The summed E-state index contributed by atoms with van der Waals surface area (Å²) in [6, 6.07) is 11.4. The van der Waals surface area contributed by atoms with Gasteiger partial charge in [0.15, 0.2) is 16.4 Å². The van der Waals surface area contributed by atoms with Crippen LogP contribution in [0.1, 0.15) is 61.5 Å². The molecule has 1 aliphatic rings. The normalized spacial score (nSPS) is 17.1. The van der Waals surface area contributed by atoms with Gasteiger partial charge in [0, 0.05) is 40.1 Å². The van der Waals surface area contributed by atoms with Crippen molar-refractivity contribution in [3.63, 3.8) is 0 Å². The number of aromatic nitrogens is 2. The first kappa shape index (κ1) is 24.0. The second kappa shape index (κ2) is 8.91. The number of rotatable bonds is 6. The lowest BCUT2D eigenvalue weighted by Crippen LogP contribution is -2.17. The van der Waals surface area contributed by atoms with Gasteiger partial charge in [0.2, 0.25) is 5.78 Å². The Morgan fingerprint density at radius 2 is 1.59 bits per heavy atom. The van der Waals surface area contributed by atoms with Gasteiger partial charge in [-0.25, -0.2) is 13.2 Å². The molecule has 1 saturated heterocycles. The molecule has 0 radical (unpaired) electrons.